The summed E-state index contributed by atoms with van der Waals surface area (Å²) in [6, 6.07) is 5.02. The number of halogens is 1. The fourth-order valence-corrected chi connectivity index (χ4v) is 5.41. The molecule has 4 nitrogen and oxygen atoms in total. The number of pyridine rings is 1. The van der Waals surface area contributed by atoms with Crippen molar-refractivity contribution in [2.45, 2.75) is 70.8 Å². The van der Waals surface area contributed by atoms with Crippen LogP contribution in [0.2, 0.25) is 0 Å². The molecule has 5 rings (SSSR count). The lowest BCUT2D eigenvalue weighted by atomic mass is 9.88. The van der Waals surface area contributed by atoms with Crippen LogP contribution in [0.15, 0.2) is 18.2 Å². The van der Waals surface area contributed by atoms with Crippen LogP contribution in [0, 0.1) is 18.7 Å². The Balaban J connectivity index is 1.63. The van der Waals surface area contributed by atoms with Crippen molar-refractivity contribution in [3.63, 3.8) is 0 Å². The van der Waals surface area contributed by atoms with Gasteiger partial charge >= 0.3 is 0 Å². The monoisotopic (exact) mass is 394 g/mol. The lowest BCUT2D eigenvalue weighted by Crippen LogP contribution is -2.28. The maximum atomic E-state index is 13.9. The maximum Gasteiger partial charge on any atom is 0.125 e. The van der Waals surface area contributed by atoms with Gasteiger partial charge in [-0.15, -0.1) is 0 Å². The van der Waals surface area contributed by atoms with E-state index < -0.39 is 0 Å². The summed E-state index contributed by atoms with van der Waals surface area (Å²) in [5.74, 6) is 2.34. The number of hydrogen-bond acceptors (Lipinski definition) is 3. The van der Waals surface area contributed by atoms with E-state index in [-0.39, 0.29) is 5.82 Å². The first-order chi connectivity index (χ1) is 14.2. The van der Waals surface area contributed by atoms with E-state index >= 15 is 0 Å². The number of fused-ring (bicyclic) bond motifs is 3. The lowest BCUT2D eigenvalue weighted by molar-refractivity contribution is 0.333. The van der Waals surface area contributed by atoms with Crippen molar-refractivity contribution in [1.82, 2.24) is 19.9 Å². The molecule has 1 aromatic carbocycles. The first-order valence-electron chi connectivity index (χ1n) is 11.4. The molecule has 0 unspecified atom stereocenters. The number of aryl methyl sites for hydroxylation is 2. The number of piperidine rings is 1. The highest BCUT2D eigenvalue weighted by Gasteiger charge is 2.25. The summed E-state index contributed by atoms with van der Waals surface area (Å²) in [5, 5.41) is 4.51. The molecule has 2 aliphatic rings. The van der Waals surface area contributed by atoms with Crippen molar-refractivity contribution in [2.24, 2.45) is 5.92 Å². The van der Waals surface area contributed by atoms with E-state index in [1.807, 2.05) is 13.0 Å². The van der Waals surface area contributed by atoms with Crippen LogP contribution >= 0.6 is 0 Å². The molecule has 2 aromatic heterocycles. The quantitative estimate of drug-likeness (QED) is 0.638. The Hall–Kier alpha value is -2.01. The average Bonchev–Trinajstić information content (AvgIpc) is 3.14. The van der Waals surface area contributed by atoms with Crippen LogP contribution < -0.4 is 5.32 Å². The van der Waals surface area contributed by atoms with Crippen molar-refractivity contribution in [3.05, 3.63) is 35.5 Å². The van der Waals surface area contributed by atoms with E-state index in [0.29, 0.717) is 5.92 Å². The zero-order valence-corrected chi connectivity index (χ0v) is 17.4. The van der Waals surface area contributed by atoms with Crippen LogP contribution in [-0.2, 0) is 6.54 Å². The fraction of sp³-hybridized carbons (Fsp3) is 0.583. The van der Waals surface area contributed by atoms with Gasteiger partial charge in [0.2, 0.25) is 0 Å². The summed E-state index contributed by atoms with van der Waals surface area (Å²) >= 11 is 0. The minimum Gasteiger partial charge on any atom is -0.327 e. The number of aromatic nitrogens is 3. The molecule has 0 amide bonds. The second-order valence-electron chi connectivity index (χ2n) is 8.99. The third-order valence-electron chi connectivity index (χ3n) is 7.03. The molecule has 1 N–H and O–H groups in total. The Morgan fingerprint density at radius 1 is 1.07 bits per heavy atom. The Morgan fingerprint density at radius 2 is 1.86 bits per heavy atom. The summed E-state index contributed by atoms with van der Waals surface area (Å²) in [7, 11) is 0. The molecule has 1 saturated carbocycles. The van der Waals surface area contributed by atoms with E-state index in [2.05, 4.69) is 9.88 Å². The van der Waals surface area contributed by atoms with Crippen LogP contribution in [-0.4, -0.2) is 27.6 Å². The molecule has 5 heteroatoms. The Labute approximate surface area is 171 Å². The third-order valence-corrected chi connectivity index (χ3v) is 7.03. The van der Waals surface area contributed by atoms with Crippen molar-refractivity contribution in [1.29, 1.82) is 0 Å². The van der Waals surface area contributed by atoms with Gasteiger partial charge in [-0.05, 0) is 70.2 Å². The van der Waals surface area contributed by atoms with Crippen molar-refractivity contribution < 1.29 is 4.39 Å². The van der Waals surface area contributed by atoms with Crippen LogP contribution in [0.3, 0.4) is 0 Å². The molecule has 0 bridgehead atoms. The highest BCUT2D eigenvalue weighted by atomic mass is 19.1. The van der Waals surface area contributed by atoms with Gasteiger partial charge in [-0.1, -0.05) is 19.3 Å². The smallest absolute Gasteiger partial charge is 0.125 e. The van der Waals surface area contributed by atoms with Gasteiger partial charge in [0, 0.05) is 23.9 Å². The molecular weight excluding hydrogens is 363 g/mol. The average molecular weight is 395 g/mol. The molecule has 0 spiro atoms. The van der Waals surface area contributed by atoms with Crippen molar-refractivity contribution >= 4 is 21.9 Å². The molecule has 29 heavy (non-hydrogen) atoms. The van der Waals surface area contributed by atoms with Gasteiger partial charge in [0.05, 0.1) is 16.7 Å². The highest BCUT2D eigenvalue weighted by molar-refractivity contribution is 6.03. The van der Waals surface area contributed by atoms with Gasteiger partial charge < -0.3 is 9.88 Å². The van der Waals surface area contributed by atoms with E-state index in [1.54, 1.807) is 12.1 Å². The minimum absolute atomic E-state index is 0.225. The van der Waals surface area contributed by atoms with Crippen LogP contribution in [0.4, 0.5) is 4.39 Å². The summed E-state index contributed by atoms with van der Waals surface area (Å²) in [6.45, 7) is 5.29. The van der Waals surface area contributed by atoms with Crippen molar-refractivity contribution in [2.75, 3.05) is 13.1 Å². The molecule has 0 atom stereocenters. The summed E-state index contributed by atoms with van der Waals surface area (Å²) in [6.07, 6.45) is 10.1. The predicted molar refractivity (Wildman–Crippen MR) is 116 cm³/mol. The third kappa shape index (κ3) is 3.65. The van der Waals surface area contributed by atoms with E-state index in [0.717, 1.165) is 47.7 Å². The fourth-order valence-electron chi connectivity index (χ4n) is 5.41. The zero-order valence-electron chi connectivity index (χ0n) is 17.4. The molecule has 3 aromatic rings. The number of nitrogens with one attached hydrogen (secondary N) is 1. The van der Waals surface area contributed by atoms with Gasteiger partial charge in [-0.3, -0.25) is 4.98 Å². The van der Waals surface area contributed by atoms with Gasteiger partial charge in [0.15, 0.2) is 0 Å². The number of hydrogen-bond donors (Lipinski definition) is 1. The number of rotatable bonds is 4. The molecule has 3 heterocycles. The topological polar surface area (TPSA) is 42.7 Å². The summed E-state index contributed by atoms with van der Waals surface area (Å²) in [5.41, 5.74) is 3.83. The highest BCUT2D eigenvalue weighted by Crippen LogP contribution is 2.37. The zero-order chi connectivity index (χ0) is 19.8. The normalized spacial score (nSPS) is 19.4. The molecule has 2 fully saturated rings. The standard InChI is InChI=1S/C24H31FN4/c1-16-22-23(20-8-7-19(25)15-21(20)27-16)29(14-11-17-9-12-26-13-10-17)24(28-22)18-5-3-2-4-6-18/h7-8,15,17-18,26H,2-6,9-14H2,1H3. The first kappa shape index (κ1) is 19.0. The molecule has 154 valence electrons. The summed E-state index contributed by atoms with van der Waals surface area (Å²) < 4.78 is 16.4. The van der Waals surface area contributed by atoms with E-state index in [4.69, 9.17) is 9.97 Å². The van der Waals surface area contributed by atoms with Gasteiger partial charge in [0.25, 0.3) is 0 Å². The van der Waals surface area contributed by atoms with Gasteiger partial charge in [0.1, 0.15) is 17.2 Å². The molecule has 1 aliphatic heterocycles. The molecule has 1 saturated heterocycles. The molecule has 1 aliphatic carbocycles. The number of benzene rings is 1. The van der Waals surface area contributed by atoms with Crippen molar-refractivity contribution in [3.8, 4) is 0 Å². The lowest BCUT2D eigenvalue weighted by Gasteiger charge is -2.25. The number of nitrogens with zero attached hydrogens (tertiary/aromatic N) is 3. The maximum absolute atomic E-state index is 13.9. The van der Waals surface area contributed by atoms with Gasteiger partial charge in [-0.25, -0.2) is 9.37 Å². The van der Waals surface area contributed by atoms with E-state index in [9.17, 15) is 4.39 Å². The van der Waals surface area contributed by atoms with Crippen LogP contribution in [0.5, 0.6) is 0 Å². The molecular formula is C24H31FN4. The van der Waals surface area contributed by atoms with E-state index in [1.165, 1.54) is 62.7 Å². The second-order valence-corrected chi connectivity index (χ2v) is 8.99. The van der Waals surface area contributed by atoms with Crippen LogP contribution in [0.25, 0.3) is 21.9 Å². The number of imidazole rings is 1. The Kier molecular flexibility index (Phi) is 5.25. The van der Waals surface area contributed by atoms with Gasteiger partial charge in [-0.2, -0.15) is 0 Å². The molecule has 0 radical (unpaired) electrons. The Morgan fingerprint density at radius 3 is 2.66 bits per heavy atom. The largest absolute Gasteiger partial charge is 0.327 e. The summed E-state index contributed by atoms with van der Waals surface area (Å²) in [4.78, 5) is 9.86. The Bertz CT molecular complexity index is 1010. The minimum atomic E-state index is -0.225. The first-order valence-corrected chi connectivity index (χ1v) is 11.4. The second kappa shape index (κ2) is 8.02. The predicted octanol–water partition coefficient (Wildman–Crippen LogP) is 5.47. The SMILES string of the molecule is Cc1nc2cc(F)ccc2c2c1nc(C1CCCCC1)n2CCC1CCNCC1. The van der Waals surface area contributed by atoms with Crippen LogP contribution in [0.1, 0.15) is 68.8 Å².